The van der Waals surface area contributed by atoms with E-state index < -0.39 is 5.54 Å². The summed E-state index contributed by atoms with van der Waals surface area (Å²) < 4.78 is 18.3. The number of nitrogens with zero attached hydrogens (tertiary/aromatic N) is 5. The quantitative estimate of drug-likeness (QED) is 0.338. The van der Waals surface area contributed by atoms with Gasteiger partial charge in [0.15, 0.2) is 0 Å². The van der Waals surface area contributed by atoms with Gasteiger partial charge in [0, 0.05) is 17.3 Å². The van der Waals surface area contributed by atoms with Crippen molar-refractivity contribution in [2.24, 2.45) is 0 Å². The van der Waals surface area contributed by atoms with Gasteiger partial charge in [-0.1, -0.05) is 24.3 Å². The van der Waals surface area contributed by atoms with Crippen LogP contribution in [0.1, 0.15) is 35.6 Å². The lowest BCUT2D eigenvalue weighted by Crippen LogP contribution is -2.51. The van der Waals surface area contributed by atoms with Crippen molar-refractivity contribution >= 4 is 23.2 Å². The van der Waals surface area contributed by atoms with Gasteiger partial charge in [0.25, 0.3) is 0 Å². The van der Waals surface area contributed by atoms with Crippen LogP contribution < -0.4 is 9.64 Å². The lowest BCUT2D eigenvalue weighted by atomic mass is 9.94. The van der Waals surface area contributed by atoms with Crippen LogP contribution >= 0.6 is 0 Å². The molecule has 2 aliphatic rings. The van der Waals surface area contributed by atoms with Crippen LogP contribution in [0.4, 0.5) is 5.69 Å². The van der Waals surface area contributed by atoms with Gasteiger partial charge < -0.3 is 18.8 Å². The second-order valence-electron chi connectivity index (χ2n) is 9.95. The van der Waals surface area contributed by atoms with Gasteiger partial charge in [-0.25, -0.2) is 4.98 Å². The number of carbonyl (C=O) groups is 1. The van der Waals surface area contributed by atoms with Crippen molar-refractivity contribution < 1.29 is 18.7 Å². The summed E-state index contributed by atoms with van der Waals surface area (Å²) in [5, 5.41) is 13.9. The number of aryl methyl sites for hydroxylation is 1. The Hall–Kier alpha value is -4.68. The lowest BCUT2D eigenvalue weighted by Gasteiger charge is -2.39. The molecule has 0 spiro atoms. The maximum atomic E-state index is 13.7. The number of rotatable bonds is 7. The zero-order valence-electron chi connectivity index (χ0n) is 21.8. The SMILES string of the molecule is COc1ccc(CN2C(=O)CC(c3ncc(C)o3)=Cc3ccc(-c4cnn(C5(CC#N)COC5)c4)cc32)cc1. The molecule has 0 N–H and O–H groups in total. The molecule has 0 unspecified atom stereocenters. The molecule has 39 heavy (non-hydrogen) atoms. The minimum absolute atomic E-state index is 0.0564. The van der Waals surface area contributed by atoms with E-state index in [1.54, 1.807) is 24.4 Å². The summed E-state index contributed by atoms with van der Waals surface area (Å²) in [6, 6.07) is 16.0. The van der Waals surface area contributed by atoms with E-state index in [-0.39, 0.29) is 12.3 Å². The molecular weight excluding hydrogens is 494 g/mol. The minimum atomic E-state index is -0.430. The van der Waals surface area contributed by atoms with Crippen molar-refractivity contribution in [3.63, 3.8) is 0 Å². The first-order valence-corrected chi connectivity index (χ1v) is 12.7. The number of hydrogen-bond donors (Lipinski definition) is 0. The molecule has 6 rings (SSSR count). The highest BCUT2D eigenvalue weighted by molar-refractivity contribution is 6.06. The number of benzene rings is 2. The van der Waals surface area contributed by atoms with E-state index in [2.05, 4.69) is 16.2 Å². The molecule has 1 saturated heterocycles. The Morgan fingerprint density at radius 3 is 2.62 bits per heavy atom. The average Bonchev–Trinajstić information content (AvgIpc) is 3.56. The van der Waals surface area contributed by atoms with Crippen LogP contribution in [0.2, 0.25) is 0 Å². The van der Waals surface area contributed by atoms with E-state index in [1.165, 1.54) is 0 Å². The summed E-state index contributed by atoms with van der Waals surface area (Å²) in [6.07, 6.45) is 7.87. The van der Waals surface area contributed by atoms with Crippen LogP contribution in [-0.4, -0.2) is 41.0 Å². The zero-order chi connectivity index (χ0) is 27.0. The largest absolute Gasteiger partial charge is 0.497 e. The number of amides is 1. The summed E-state index contributed by atoms with van der Waals surface area (Å²) in [7, 11) is 1.63. The number of carbonyl (C=O) groups excluding carboxylic acids is 1. The molecule has 0 bridgehead atoms. The molecule has 1 amide bonds. The molecule has 0 radical (unpaired) electrons. The van der Waals surface area contributed by atoms with Crippen LogP contribution in [0.3, 0.4) is 0 Å². The van der Waals surface area contributed by atoms with Gasteiger partial charge in [-0.2, -0.15) is 10.4 Å². The third-order valence-corrected chi connectivity index (χ3v) is 7.24. The Kier molecular flexibility index (Phi) is 6.25. The van der Waals surface area contributed by atoms with Gasteiger partial charge in [0.1, 0.15) is 17.0 Å². The molecule has 1 fully saturated rings. The summed E-state index contributed by atoms with van der Waals surface area (Å²) >= 11 is 0. The van der Waals surface area contributed by atoms with E-state index >= 15 is 0 Å². The van der Waals surface area contributed by atoms with Gasteiger partial charge in [-0.15, -0.1) is 0 Å². The van der Waals surface area contributed by atoms with Gasteiger partial charge in [-0.3, -0.25) is 9.48 Å². The Balaban J connectivity index is 1.40. The molecule has 9 nitrogen and oxygen atoms in total. The first-order valence-electron chi connectivity index (χ1n) is 12.7. The van der Waals surface area contributed by atoms with E-state index in [9.17, 15) is 10.1 Å². The van der Waals surface area contributed by atoms with Crippen molar-refractivity contribution in [2.75, 3.05) is 25.2 Å². The first-order chi connectivity index (χ1) is 19.0. The van der Waals surface area contributed by atoms with E-state index in [0.717, 1.165) is 39.3 Å². The van der Waals surface area contributed by atoms with Crippen molar-refractivity contribution in [3.8, 4) is 22.9 Å². The molecule has 0 saturated carbocycles. The smallest absolute Gasteiger partial charge is 0.231 e. The van der Waals surface area contributed by atoms with Crippen molar-refractivity contribution in [1.82, 2.24) is 14.8 Å². The minimum Gasteiger partial charge on any atom is -0.497 e. The van der Waals surface area contributed by atoms with Crippen molar-refractivity contribution in [1.29, 1.82) is 5.26 Å². The predicted molar refractivity (Wildman–Crippen MR) is 145 cm³/mol. The number of ether oxygens (including phenoxy) is 2. The fourth-order valence-electron chi connectivity index (χ4n) is 4.97. The number of fused-ring (bicyclic) bond motifs is 1. The van der Waals surface area contributed by atoms with Crippen LogP contribution in [-0.2, 0) is 21.6 Å². The monoisotopic (exact) mass is 521 g/mol. The van der Waals surface area contributed by atoms with Crippen LogP contribution in [0.15, 0.2) is 65.5 Å². The highest BCUT2D eigenvalue weighted by Gasteiger charge is 2.41. The molecule has 2 aliphatic heterocycles. The molecule has 9 heteroatoms. The summed E-state index contributed by atoms with van der Waals surface area (Å²) in [4.78, 5) is 19.9. The molecule has 4 heterocycles. The average molecular weight is 522 g/mol. The highest BCUT2D eigenvalue weighted by Crippen LogP contribution is 2.37. The van der Waals surface area contributed by atoms with Gasteiger partial charge in [0.05, 0.1) is 63.9 Å². The number of methoxy groups -OCH3 is 1. The number of nitriles is 1. The van der Waals surface area contributed by atoms with Crippen LogP contribution in [0.5, 0.6) is 5.75 Å². The van der Waals surface area contributed by atoms with E-state index in [1.807, 2.05) is 66.3 Å². The molecular formula is C30H27N5O4. The topological polar surface area (TPSA) is 106 Å². The summed E-state index contributed by atoms with van der Waals surface area (Å²) in [5.74, 6) is 1.85. The van der Waals surface area contributed by atoms with E-state index in [0.29, 0.717) is 37.8 Å². The predicted octanol–water partition coefficient (Wildman–Crippen LogP) is 4.97. The third-order valence-electron chi connectivity index (χ3n) is 7.24. The summed E-state index contributed by atoms with van der Waals surface area (Å²) in [5.41, 5.74) is 4.78. The number of hydrogen-bond acceptors (Lipinski definition) is 7. The first kappa shape index (κ1) is 24.6. The molecule has 2 aromatic heterocycles. The van der Waals surface area contributed by atoms with Crippen LogP contribution in [0.25, 0.3) is 22.8 Å². The Labute approximate surface area is 225 Å². The lowest BCUT2D eigenvalue weighted by molar-refractivity contribution is -0.117. The molecule has 0 aliphatic carbocycles. The molecule has 0 atom stereocenters. The Morgan fingerprint density at radius 2 is 1.95 bits per heavy atom. The Bertz CT molecular complexity index is 1600. The number of aromatic nitrogens is 3. The maximum absolute atomic E-state index is 13.7. The second kappa shape index (κ2) is 9.89. The van der Waals surface area contributed by atoms with Gasteiger partial charge >= 0.3 is 0 Å². The third kappa shape index (κ3) is 4.60. The number of anilines is 1. The number of oxazole rings is 1. The van der Waals surface area contributed by atoms with Crippen molar-refractivity contribution in [2.45, 2.75) is 31.8 Å². The van der Waals surface area contributed by atoms with Crippen molar-refractivity contribution in [3.05, 3.63) is 83.8 Å². The zero-order valence-corrected chi connectivity index (χ0v) is 21.8. The molecule has 2 aromatic carbocycles. The second-order valence-corrected chi connectivity index (χ2v) is 9.95. The Morgan fingerprint density at radius 1 is 1.13 bits per heavy atom. The van der Waals surface area contributed by atoms with Crippen LogP contribution in [0, 0.1) is 18.3 Å². The normalized spacial score (nSPS) is 16.1. The fourth-order valence-corrected chi connectivity index (χ4v) is 4.97. The molecule has 196 valence electrons. The van der Waals surface area contributed by atoms with Gasteiger partial charge in [-0.05, 0) is 47.9 Å². The standard InChI is InChI=1S/C30H27N5O4/c1-20-14-32-29(39-20)24-11-23-6-5-22(25-15-33-35(17-25)30(9-10-31)18-38-19-30)12-27(23)34(28(36)13-24)16-21-3-7-26(37-2)8-4-21/h3-8,11-12,14-15,17H,9,13,16,18-19H2,1-2H3. The highest BCUT2D eigenvalue weighted by atomic mass is 16.5. The maximum Gasteiger partial charge on any atom is 0.231 e. The van der Waals surface area contributed by atoms with Gasteiger partial charge in [0.2, 0.25) is 11.8 Å². The fraction of sp³-hybridized carbons (Fsp3) is 0.267. The van der Waals surface area contributed by atoms with E-state index in [4.69, 9.17) is 13.9 Å². The summed E-state index contributed by atoms with van der Waals surface area (Å²) in [6.45, 7) is 3.16. The molecule has 4 aromatic rings.